The van der Waals surface area contributed by atoms with Crippen LogP contribution >= 0.6 is 0 Å². The first kappa shape index (κ1) is 19.9. The van der Waals surface area contributed by atoms with Crippen LogP contribution < -0.4 is 15.7 Å². The molecular formula is C25H20N8O. The third kappa shape index (κ3) is 3.22. The fraction of sp³-hybridized carbons (Fsp3) is 0.0800. The van der Waals surface area contributed by atoms with Crippen molar-refractivity contribution in [2.75, 3.05) is 12.4 Å². The van der Waals surface area contributed by atoms with Crippen LogP contribution in [0.1, 0.15) is 5.56 Å². The first-order chi connectivity index (χ1) is 16.7. The van der Waals surface area contributed by atoms with E-state index in [1.54, 1.807) is 17.9 Å². The summed E-state index contributed by atoms with van der Waals surface area (Å²) in [5.41, 5.74) is 4.53. The lowest BCUT2D eigenvalue weighted by Gasteiger charge is -2.14. The Morgan fingerprint density at radius 3 is 2.62 bits per heavy atom. The summed E-state index contributed by atoms with van der Waals surface area (Å²) in [6.07, 6.45) is 1.70. The zero-order valence-corrected chi connectivity index (χ0v) is 18.3. The van der Waals surface area contributed by atoms with Crippen molar-refractivity contribution in [1.29, 1.82) is 5.41 Å². The van der Waals surface area contributed by atoms with Gasteiger partial charge < -0.3 is 15.0 Å². The second-order valence-electron chi connectivity index (χ2n) is 7.75. The van der Waals surface area contributed by atoms with Crippen LogP contribution in [0.15, 0.2) is 72.9 Å². The Morgan fingerprint density at radius 2 is 1.76 bits per heavy atom. The number of fused-ring (bicyclic) bond motifs is 3. The second-order valence-corrected chi connectivity index (χ2v) is 7.75. The van der Waals surface area contributed by atoms with Crippen molar-refractivity contribution in [3.05, 3.63) is 84.1 Å². The average Bonchev–Trinajstić information content (AvgIpc) is 3.22. The number of methoxy groups -OCH3 is 1. The van der Waals surface area contributed by atoms with Crippen molar-refractivity contribution in [1.82, 2.24) is 29.5 Å². The van der Waals surface area contributed by atoms with Crippen molar-refractivity contribution in [3.63, 3.8) is 0 Å². The Kier molecular flexibility index (Phi) is 4.65. The van der Waals surface area contributed by atoms with Gasteiger partial charge in [-0.25, -0.2) is 19.5 Å². The summed E-state index contributed by atoms with van der Waals surface area (Å²) in [6.45, 7) is 0.545. The number of aromatic nitrogens is 6. The van der Waals surface area contributed by atoms with Gasteiger partial charge in [0.15, 0.2) is 17.2 Å². The van der Waals surface area contributed by atoms with Crippen LogP contribution in [-0.2, 0) is 6.54 Å². The van der Waals surface area contributed by atoms with E-state index in [-0.39, 0.29) is 5.62 Å². The third-order valence-electron chi connectivity index (χ3n) is 5.66. The molecule has 0 aliphatic carbocycles. The minimum Gasteiger partial charge on any atom is -0.494 e. The Bertz CT molecular complexity index is 1720. The number of anilines is 1. The average molecular weight is 448 g/mol. The van der Waals surface area contributed by atoms with Gasteiger partial charge in [0.2, 0.25) is 11.6 Å². The molecule has 4 heterocycles. The molecule has 34 heavy (non-hydrogen) atoms. The number of H-pyrrole nitrogens is 1. The highest BCUT2D eigenvalue weighted by molar-refractivity contribution is 6.01. The molecule has 6 rings (SSSR count). The molecule has 0 unspecified atom stereocenters. The van der Waals surface area contributed by atoms with Crippen LogP contribution in [-0.4, -0.2) is 36.6 Å². The van der Waals surface area contributed by atoms with Crippen LogP contribution in [0.4, 0.5) is 5.82 Å². The maximum atomic E-state index is 8.53. The van der Waals surface area contributed by atoms with Gasteiger partial charge in [0.05, 0.1) is 23.5 Å². The number of hydrogen-bond donors (Lipinski definition) is 3. The number of nitrogens with zero attached hydrogens (tertiary/aromatic N) is 5. The van der Waals surface area contributed by atoms with E-state index in [9.17, 15) is 0 Å². The fourth-order valence-corrected chi connectivity index (χ4v) is 4.10. The predicted molar refractivity (Wildman–Crippen MR) is 130 cm³/mol. The quantitative estimate of drug-likeness (QED) is 0.344. The summed E-state index contributed by atoms with van der Waals surface area (Å²) in [5, 5.41) is 12.7. The fourth-order valence-electron chi connectivity index (χ4n) is 4.10. The smallest absolute Gasteiger partial charge is 0.239 e. The molecule has 0 amide bonds. The van der Waals surface area contributed by atoms with E-state index < -0.39 is 0 Å². The van der Waals surface area contributed by atoms with Gasteiger partial charge in [0.1, 0.15) is 11.0 Å². The van der Waals surface area contributed by atoms with Crippen molar-refractivity contribution in [2.45, 2.75) is 6.54 Å². The highest BCUT2D eigenvalue weighted by Crippen LogP contribution is 2.34. The van der Waals surface area contributed by atoms with E-state index in [2.05, 4.69) is 15.3 Å². The van der Waals surface area contributed by atoms with Crippen molar-refractivity contribution < 1.29 is 4.74 Å². The normalized spacial score (nSPS) is 11.3. The Morgan fingerprint density at radius 1 is 0.941 bits per heavy atom. The number of hydrogen-bond acceptors (Lipinski definition) is 7. The van der Waals surface area contributed by atoms with Gasteiger partial charge in [-0.2, -0.15) is 4.98 Å². The molecule has 2 aromatic carbocycles. The van der Waals surface area contributed by atoms with E-state index in [4.69, 9.17) is 25.1 Å². The zero-order chi connectivity index (χ0) is 23.1. The minimum atomic E-state index is 0.170. The molecule has 0 radical (unpaired) electrons. The molecule has 4 aromatic heterocycles. The Balaban J connectivity index is 1.63. The van der Waals surface area contributed by atoms with Gasteiger partial charge in [-0.3, -0.25) is 5.41 Å². The van der Waals surface area contributed by atoms with Gasteiger partial charge in [-0.05, 0) is 29.8 Å². The van der Waals surface area contributed by atoms with Crippen LogP contribution in [0.25, 0.3) is 39.0 Å². The van der Waals surface area contributed by atoms with Gasteiger partial charge in [-0.15, -0.1) is 0 Å². The summed E-state index contributed by atoms with van der Waals surface area (Å²) in [6, 6.07) is 21.5. The number of para-hydroxylation sites is 2. The summed E-state index contributed by atoms with van der Waals surface area (Å²) in [4.78, 5) is 21.9. The molecule has 0 saturated heterocycles. The predicted octanol–water partition coefficient (Wildman–Crippen LogP) is 3.95. The van der Waals surface area contributed by atoms with Crippen LogP contribution in [0, 0.1) is 5.41 Å². The number of aromatic amines is 1. The Hall–Kier alpha value is -4.79. The van der Waals surface area contributed by atoms with Crippen molar-refractivity contribution in [2.24, 2.45) is 0 Å². The molecule has 0 aliphatic rings. The largest absolute Gasteiger partial charge is 0.494 e. The maximum Gasteiger partial charge on any atom is 0.239 e. The van der Waals surface area contributed by atoms with E-state index in [1.807, 2.05) is 66.7 Å². The molecule has 0 aliphatic heterocycles. The highest BCUT2D eigenvalue weighted by atomic mass is 16.5. The monoisotopic (exact) mass is 448 g/mol. The molecule has 6 aromatic rings. The first-order valence-electron chi connectivity index (χ1n) is 10.8. The lowest BCUT2D eigenvalue weighted by atomic mass is 10.2. The minimum absolute atomic E-state index is 0.170. The summed E-state index contributed by atoms with van der Waals surface area (Å²) in [5.74, 6) is 1.44. The number of benzene rings is 2. The van der Waals surface area contributed by atoms with Crippen molar-refractivity contribution >= 4 is 38.9 Å². The van der Waals surface area contributed by atoms with Crippen LogP contribution in [0.3, 0.4) is 0 Å². The number of nitrogens with one attached hydrogen (secondary N) is 3. The van der Waals surface area contributed by atoms with Crippen molar-refractivity contribution in [3.8, 4) is 11.7 Å². The van der Waals surface area contributed by atoms with Gasteiger partial charge >= 0.3 is 0 Å². The van der Waals surface area contributed by atoms with E-state index in [0.29, 0.717) is 40.7 Å². The number of imidazole rings is 1. The molecular weight excluding hydrogens is 428 g/mol. The highest BCUT2D eigenvalue weighted by Gasteiger charge is 2.19. The SMILES string of the molecule is COc1c2cccnc2nc2c(NCc3ccccc3)nc(-n3c(=N)[nH]c4ccccc43)nc12. The lowest BCUT2D eigenvalue weighted by Crippen LogP contribution is -2.19. The molecule has 9 nitrogen and oxygen atoms in total. The van der Waals surface area contributed by atoms with Crippen LogP contribution in [0.5, 0.6) is 5.75 Å². The summed E-state index contributed by atoms with van der Waals surface area (Å²) in [7, 11) is 1.61. The lowest BCUT2D eigenvalue weighted by molar-refractivity contribution is 0.423. The van der Waals surface area contributed by atoms with Gasteiger partial charge in [0, 0.05) is 12.7 Å². The third-order valence-corrected chi connectivity index (χ3v) is 5.66. The molecule has 0 atom stereocenters. The summed E-state index contributed by atoms with van der Waals surface area (Å²) >= 11 is 0. The molecule has 0 saturated carbocycles. The zero-order valence-electron chi connectivity index (χ0n) is 18.3. The second kappa shape index (κ2) is 7.96. The molecule has 0 spiro atoms. The summed E-state index contributed by atoms with van der Waals surface area (Å²) < 4.78 is 7.46. The van der Waals surface area contributed by atoms with E-state index >= 15 is 0 Å². The van der Waals surface area contributed by atoms with E-state index in [0.717, 1.165) is 22.0 Å². The number of pyridine rings is 2. The molecule has 0 bridgehead atoms. The van der Waals surface area contributed by atoms with Gasteiger partial charge in [0.25, 0.3) is 0 Å². The number of ether oxygens (including phenoxy) is 1. The molecule has 3 N–H and O–H groups in total. The van der Waals surface area contributed by atoms with Gasteiger partial charge in [-0.1, -0.05) is 42.5 Å². The molecule has 9 heteroatoms. The Labute approximate surface area is 193 Å². The standard InChI is InChI=1S/C25H20N8O/c1-34-21-16-10-7-13-27-22(16)30-20-19(21)31-25(32-23(20)28-14-15-8-3-2-4-9-15)33-18-12-6-5-11-17(18)29-24(33)26/h2-13H,14H2,1H3,(H2,26,29)(H,28,31,32). The topological polar surface area (TPSA) is 117 Å². The number of rotatable bonds is 5. The maximum absolute atomic E-state index is 8.53. The first-order valence-corrected chi connectivity index (χ1v) is 10.8. The van der Waals surface area contributed by atoms with E-state index in [1.165, 1.54) is 0 Å². The van der Waals surface area contributed by atoms with Crippen LogP contribution in [0.2, 0.25) is 0 Å². The molecule has 0 fully saturated rings. The molecule has 166 valence electrons.